The average Bonchev–Trinajstić information content (AvgIpc) is 2.72. The Morgan fingerprint density at radius 1 is 1.45 bits per heavy atom. The zero-order chi connectivity index (χ0) is 15.5. The molecule has 0 aliphatic carbocycles. The summed E-state index contributed by atoms with van der Waals surface area (Å²) >= 11 is 1.22. The van der Waals surface area contributed by atoms with Gasteiger partial charge in [-0.3, -0.25) is 0 Å². The lowest BCUT2D eigenvalue weighted by atomic mass is 9.91. The fourth-order valence-electron chi connectivity index (χ4n) is 1.65. The highest BCUT2D eigenvalue weighted by molar-refractivity contribution is 7.17. The van der Waals surface area contributed by atoms with Crippen molar-refractivity contribution in [3.05, 3.63) is 10.6 Å². The summed E-state index contributed by atoms with van der Waals surface area (Å²) in [5, 5.41) is 10.0. The first-order valence-electron chi connectivity index (χ1n) is 6.70. The van der Waals surface area contributed by atoms with Crippen LogP contribution in [0.25, 0.3) is 0 Å². The summed E-state index contributed by atoms with van der Waals surface area (Å²) in [6, 6.07) is 0. The molecule has 6 heteroatoms. The molecular formula is C14H24N2O3S. The van der Waals surface area contributed by atoms with E-state index in [2.05, 4.69) is 4.98 Å². The van der Waals surface area contributed by atoms with Crippen LogP contribution in [0.15, 0.2) is 0 Å². The number of ether oxygens (including phenoxy) is 1. The number of carbonyl (C=O) groups is 1. The smallest absolute Gasteiger partial charge is 0.347 e. The highest BCUT2D eigenvalue weighted by atomic mass is 32.1. The third-order valence-electron chi connectivity index (χ3n) is 2.72. The van der Waals surface area contributed by atoms with Crippen molar-refractivity contribution in [2.24, 2.45) is 0 Å². The summed E-state index contributed by atoms with van der Waals surface area (Å²) in [7, 11) is 1.90. The number of hydrogen-bond acceptors (Lipinski definition) is 5. The fourth-order valence-corrected chi connectivity index (χ4v) is 2.75. The lowest BCUT2D eigenvalue weighted by Gasteiger charge is -2.18. The van der Waals surface area contributed by atoms with E-state index in [4.69, 9.17) is 4.74 Å². The summed E-state index contributed by atoms with van der Waals surface area (Å²) in [5.74, 6) is -0.912. The first-order chi connectivity index (χ1) is 9.12. The van der Waals surface area contributed by atoms with E-state index in [0.717, 1.165) is 5.13 Å². The minimum Gasteiger partial charge on any atom is -0.477 e. The van der Waals surface area contributed by atoms with Gasteiger partial charge in [0.15, 0.2) is 5.13 Å². The zero-order valence-electron chi connectivity index (χ0n) is 13.1. The number of hydrogen-bond donors (Lipinski definition) is 1. The van der Waals surface area contributed by atoms with Crippen LogP contribution in [0.5, 0.6) is 0 Å². The minimum atomic E-state index is -0.912. The monoisotopic (exact) mass is 300 g/mol. The van der Waals surface area contributed by atoms with Gasteiger partial charge < -0.3 is 14.7 Å². The Labute approximate surface area is 124 Å². The molecule has 5 nitrogen and oxygen atoms in total. The van der Waals surface area contributed by atoms with E-state index in [9.17, 15) is 9.90 Å². The number of likely N-dealkylation sites (N-methyl/N-ethyl adjacent to an activating group) is 1. The Morgan fingerprint density at radius 2 is 2.05 bits per heavy atom. The maximum atomic E-state index is 11.3. The normalized spacial score (nSPS) is 11.9. The Bertz CT molecular complexity index is 463. The molecule has 1 aromatic rings. The van der Waals surface area contributed by atoms with Crippen molar-refractivity contribution < 1.29 is 14.6 Å². The Kier molecular flexibility index (Phi) is 5.53. The maximum absolute atomic E-state index is 11.3. The van der Waals surface area contributed by atoms with Gasteiger partial charge >= 0.3 is 5.97 Å². The molecule has 0 bridgehead atoms. The molecule has 0 radical (unpaired) electrons. The summed E-state index contributed by atoms with van der Waals surface area (Å²) in [5.41, 5.74) is 0.360. The molecular weight excluding hydrogens is 276 g/mol. The van der Waals surface area contributed by atoms with Gasteiger partial charge in [0.2, 0.25) is 0 Å². The number of thiazole rings is 1. The van der Waals surface area contributed by atoms with Gasteiger partial charge in [-0.25, -0.2) is 9.78 Å². The number of carboxylic acid groups (broad SMARTS) is 1. The second-order valence-corrected chi connectivity index (χ2v) is 7.05. The highest BCUT2D eigenvalue weighted by Gasteiger charge is 2.27. The van der Waals surface area contributed by atoms with E-state index >= 15 is 0 Å². The molecule has 0 unspecified atom stereocenters. The quantitative estimate of drug-likeness (QED) is 0.875. The van der Waals surface area contributed by atoms with Gasteiger partial charge in [0, 0.05) is 19.0 Å². The van der Waals surface area contributed by atoms with Crippen molar-refractivity contribution in [1.82, 2.24) is 4.98 Å². The molecule has 0 aliphatic rings. The van der Waals surface area contributed by atoms with Crippen molar-refractivity contribution in [1.29, 1.82) is 0 Å². The van der Waals surface area contributed by atoms with Gasteiger partial charge in [0.1, 0.15) is 4.88 Å². The van der Waals surface area contributed by atoms with Crippen LogP contribution in [0.1, 0.15) is 50.0 Å². The third kappa shape index (κ3) is 4.45. The first-order valence-corrected chi connectivity index (χ1v) is 7.52. The van der Waals surface area contributed by atoms with Crippen LogP contribution in [0.4, 0.5) is 5.13 Å². The van der Waals surface area contributed by atoms with Crippen molar-refractivity contribution in [3.8, 4) is 0 Å². The predicted octanol–water partition coefficient (Wildman–Crippen LogP) is 3.00. The lowest BCUT2D eigenvalue weighted by molar-refractivity contribution is 0.0699. The zero-order valence-corrected chi connectivity index (χ0v) is 13.9. The van der Waals surface area contributed by atoms with Crippen LogP contribution in [0.3, 0.4) is 0 Å². The molecule has 1 aromatic heterocycles. The maximum Gasteiger partial charge on any atom is 0.347 e. The number of rotatable bonds is 6. The van der Waals surface area contributed by atoms with Gasteiger partial charge in [0.05, 0.1) is 18.4 Å². The Morgan fingerprint density at radius 3 is 2.45 bits per heavy atom. The molecule has 0 amide bonds. The SMILES string of the molecule is CC(C)OCCN(C)c1nc(C(C)(C)C)c(C(=O)O)s1. The Hall–Kier alpha value is -1.14. The van der Waals surface area contributed by atoms with Crippen molar-refractivity contribution in [2.75, 3.05) is 25.1 Å². The number of nitrogens with zero attached hydrogens (tertiary/aromatic N) is 2. The second kappa shape index (κ2) is 6.54. The highest BCUT2D eigenvalue weighted by Crippen LogP contribution is 2.33. The predicted molar refractivity (Wildman–Crippen MR) is 82.1 cm³/mol. The third-order valence-corrected chi connectivity index (χ3v) is 3.88. The molecule has 114 valence electrons. The minimum absolute atomic E-state index is 0.194. The molecule has 0 aromatic carbocycles. The van der Waals surface area contributed by atoms with E-state index in [1.165, 1.54) is 11.3 Å². The second-order valence-electron chi connectivity index (χ2n) is 6.07. The van der Waals surface area contributed by atoms with Gasteiger partial charge in [-0.2, -0.15) is 0 Å². The van der Waals surface area contributed by atoms with Crippen molar-refractivity contribution in [3.63, 3.8) is 0 Å². The summed E-state index contributed by atoms with van der Waals surface area (Å²) < 4.78 is 5.50. The van der Waals surface area contributed by atoms with Gasteiger partial charge in [-0.1, -0.05) is 32.1 Å². The first kappa shape index (κ1) is 16.9. The van der Waals surface area contributed by atoms with E-state index in [1.807, 2.05) is 46.6 Å². The van der Waals surface area contributed by atoms with Crippen LogP contribution in [-0.4, -0.2) is 42.4 Å². The lowest BCUT2D eigenvalue weighted by Crippen LogP contribution is -2.24. The molecule has 1 N–H and O–H groups in total. The summed E-state index contributed by atoms with van der Waals surface area (Å²) in [6.07, 6.45) is 0.194. The van der Waals surface area contributed by atoms with Crippen LogP contribution < -0.4 is 4.90 Å². The topological polar surface area (TPSA) is 62.7 Å². The molecule has 0 spiro atoms. The molecule has 1 rings (SSSR count). The van der Waals surface area contributed by atoms with Crippen LogP contribution in [0.2, 0.25) is 0 Å². The molecule has 0 fully saturated rings. The van der Waals surface area contributed by atoms with E-state index in [1.54, 1.807) is 0 Å². The van der Waals surface area contributed by atoms with Crippen LogP contribution in [0, 0.1) is 0 Å². The Balaban J connectivity index is 2.88. The summed E-state index contributed by atoms with van der Waals surface area (Å²) in [4.78, 5) is 18.1. The molecule has 0 atom stereocenters. The number of anilines is 1. The standard InChI is InChI=1S/C14H24N2O3S/c1-9(2)19-8-7-16(6)13-15-11(14(3,4)5)10(20-13)12(17)18/h9H,7-8H2,1-6H3,(H,17,18). The average molecular weight is 300 g/mol. The van der Waals surface area contributed by atoms with Gasteiger partial charge in [0.25, 0.3) is 0 Å². The molecule has 20 heavy (non-hydrogen) atoms. The molecule has 0 saturated carbocycles. The molecule has 0 saturated heterocycles. The van der Waals surface area contributed by atoms with E-state index < -0.39 is 5.97 Å². The number of aromatic nitrogens is 1. The van der Waals surface area contributed by atoms with Crippen LogP contribution >= 0.6 is 11.3 Å². The number of aromatic carboxylic acids is 1. The van der Waals surface area contributed by atoms with Gasteiger partial charge in [-0.15, -0.1) is 0 Å². The van der Waals surface area contributed by atoms with Crippen LogP contribution in [-0.2, 0) is 10.2 Å². The number of carboxylic acids is 1. The van der Waals surface area contributed by atoms with Gasteiger partial charge in [-0.05, 0) is 13.8 Å². The molecule has 1 heterocycles. The van der Waals surface area contributed by atoms with E-state index in [-0.39, 0.29) is 11.5 Å². The summed E-state index contributed by atoms with van der Waals surface area (Å²) in [6.45, 7) is 11.2. The van der Waals surface area contributed by atoms with Crippen molar-refractivity contribution in [2.45, 2.75) is 46.1 Å². The fraction of sp³-hybridized carbons (Fsp3) is 0.714. The van der Waals surface area contributed by atoms with E-state index in [0.29, 0.717) is 23.7 Å². The van der Waals surface area contributed by atoms with Crippen molar-refractivity contribution >= 4 is 22.4 Å². The largest absolute Gasteiger partial charge is 0.477 e. The molecule has 0 aliphatic heterocycles.